The zero-order chi connectivity index (χ0) is 19.1. The summed E-state index contributed by atoms with van der Waals surface area (Å²) in [6, 6.07) is 3.86. The van der Waals surface area contributed by atoms with Crippen molar-refractivity contribution in [1.29, 1.82) is 0 Å². The van der Waals surface area contributed by atoms with Crippen molar-refractivity contribution >= 4 is 23.9 Å². The van der Waals surface area contributed by atoms with Gasteiger partial charge in [0.25, 0.3) is 11.8 Å². The van der Waals surface area contributed by atoms with Gasteiger partial charge in [0.2, 0.25) is 6.41 Å². The second-order valence-electron chi connectivity index (χ2n) is 5.75. The molecule has 0 saturated heterocycles. The number of benzene rings is 1. The van der Waals surface area contributed by atoms with E-state index in [2.05, 4.69) is 5.10 Å². The van der Waals surface area contributed by atoms with E-state index in [0.29, 0.717) is 0 Å². The molecule has 0 bridgehead atoms. The van der Waals surface area contributed by atoms with Crippen LogP contribution < -0.4 is 10.2 Å². The number of rotatable bonds is 3. The van der Waals surface area contributed by atoms with E-state index in [-0.39, 0.29) is 35.9 Å². The molecular weight excluding hydrogens is 353 g/mol. The Hall–Kier alpha value is -3.17. The van der Waals surface area contributed by atoms with E-state index in [1.54, 1.807) is 6.92 Å². The van der Waals surface area contributed by atoms with Gasteiger partial charge in [0, 0.05) is 12.2 Å². The zero-order valence-electron chi connectivity index (χ0n) is 13.4. The highest BCUT2D eigenvalue weighted by molar-refractivity contribution is 6.13. The fourth-order valence-electron chi connectivity index (χ4n) is 2.81. The predicted octanol–water partition coefficient (Wildman–Crippen LogP) is 2.01. The summed E-state index contributed by atoms with van der Waals surface area (Å²) in [6.45, 7) is 1.93. The third-order valence-electron chi connectivity index (χ3n) is 4.05. The molecule has 1 N–H and O–H groups in total. The fourth-order valence-corrected chi connectivity index (χ4v) is 2.81. The van der Waals surface area contributed by atoms with E-state index >= 15 is 0 Å². The van der Waals surface area contributed by atoms with Crippen molar-refractivity contribution < 1.29 is 27.6 Å². The number of nitrogens with one attached hydrogen (secondary N) is 1. The lowest BCUT2D eigenvalue weighted by atomic mass is 10.1. The van der Waals surface area contributed by atoms with Gasteiger partial charge in [-0.05, 0) is 31.2 Å². The van der Waals surface area contributed by atoms with Crippen LogP contribution >= 0.6 is 0 Å². The van der Waals surface area contributed by atoms with Crippen LogP contribution in [0.2, 0.25) is 0 Å². The van der Waals surface area contributed by atoms with Gasteiger partial charge in [-0.15, -0.1) is 0 Å². The minimum Gasteiger partial charge on any atom is -0.305 e. The summed E-state index contributed by atoms with van der Waals surface area (Å²) >= 11 is 0. The average molecular weight is 366 g/mol. The Balaban J connectivity index is 1.98. The van der Waals surface area contributed by atoms with Crippen LogP contribution in [0.15, 0.2) is 30.5 Å². The maximum Gasteiger partial charge on any atom is 0.416 e. The Morgan fingerprint density at radius 1 is 1.31 bits per heavy atom. The number of anilines is 1. The van der Waals surface area contributed by atoms with Crippen molar-refractivity contribution in [2.75, 3.05) is 11.4 Å². The van der Waals surface area contributed by atoms with E-state index in [1.165, 1.54) is 27.9 Å². The van der Waals surface area contributed by atoms with Gasteiger partial charge in [-0.25, -0.2) is 0 Å². The molecule has 136 valence electrons. The number of hydrogen-bond donors (Lipinski definition) is 1. The molecule has 3 amide bonds. The molecule has 1 aliphatic rings. The highest BCUT2D eigenvalue weighted by Crippen LogP contribution is 2.32. The molecule has 26 heavy (non-hydrogen) atoms. The van der Waals surface area contributed by atoms with Crippen LogP contribution in [0, 0.1) is 0 Å². The molecule has 0 saturated carbocycles. The van der Waals surface area contributed by atoms with Crippen molar-refractivity contribution in [3.63, 3.8) is 0 Å². The molecule has 0 unspecified atom stereocenters. The molecule has 0 spiro atoms. The number of halogens is 3. The Kier molecular flexibility index (Phi) is 4.26. The summed E-state index contributed by atoms with van der Waals surface area (Å²) in [5.41, 5.74) is -0.660. The first-order valence-electron chi connectivity index (χ1n) is 7.55. The quantitative estimate of drug-likeness (QED) is 0.843. The van der Waals surface area contributed by atoms with Crippen LogP contribution in [0.25, 0.3) is 0 Å². The molecule has 7 nitrogen and oxygen atoms in total. The largest absolute Gasteiger partial charge is 0.416 e. The Labute approximate surface area is 145 Å². The Morgan fingerprint density at radius 2 is 1.96 bits per heavy atom. The smallest absolute Gasteiger partial charge is 0.305 e. The van der Waals surface area contributed by atoms with Crippen LogP contribution in [0.5, 0.6) is 0 Å². The molecule has 1 aromatic heterocycles. The van der Waals surface area contributed by atoms with Crippen LogP contribution in [-0.4, -0.2) is 34.5 Å². The lowest BCUT2D eigenvalue weighted by molar-refractivity contribution is -0.137. The number of amides is 3. The highest BCUT2D eigenvalue weighted by atomic mass is 19.4. The molecule has 3 rings (SSSR count). The average Bonchev–Trinajstić information content (AvgIpc) is 3.04. The van der Waals surface area contributed by atoms with E-state index < -0.39 is 23.6 Å². The number of carbonyl (C=O) groups excluding carboxylic acids is 3. The predicted molar refractivity (Wildman–Crippen MR) is 83.6 cm³/mol. The minimum atomic E-state index is -4.48. The van der Waals surface area contributed by atoms with Crippen molar-refractivity contribution in [3.8, 4) is 0 Å². The van der Waals surface area contributed by atoms with Crippen molar-refractivity contribution in [1.82, 2.24) is 15.1 Å². The SMILES string of the molecule is C[C@H]1CN(c2ccc(C(F)(F)F)cc2)C(=O)c2c(C(=O)NC=O)cnn21. The number of aromatic nitrogens is 2. The molecule has 1 aliphatic heterocycles. The summed E-state index contributed by atoms with van der Waals surface area (Å²) in [6.07, 6.45) is -3.11. The zero-order valence-corrected chi connectivity index (χ0v) is 13.4. The second-order valence-corrected chi connectivity index (χ2v) is 5.75. The van der Waals surface area contributed by atoms with Crippen molar-refractivity contribution in [2.24, 2.45) is 0 Å². The van der Waals surface area contributed by atoms with Gasteiger partial charge < -0.3 is 4.90 Å². The van der Waals surface area contributed by atoms with Gasteiger partial charge in [0.15, 0.2) is 0 Å². The maximum absolute atomic E-state index is 12.8. The van der Waals surface area contributed by atoms with Gasteiger partial charge in [-0.2, -0.15) is 18.3 Å². The lowest BCUT2D eigenvalue weighted by Gasteiger charge is -2.32. The molecule has 0 aliphatic carbocycles. The Bertz CT molecular complexity index is 874. The molecule has 2 aromatic rings. The topological polar surface area (TPSA) is 84.3 Å². The van der Waals surface area contributed by atoms with E-state index in [4.69, 9.17) is 0 Å². The minimum absolute atomic E-state index is 0.0250. The Morgan fingerprint density at radius 3 is 2.54 bits per heavy atom. The standard InChI is InChI=1S/C16H13F3N4O3/c1-9-7-22(11-4-2-10(3-5-11)16(17,18)19)15(26)13-12(6-21-23(9)13)14(25)20-8-24/h2-6,8-9H,7H2,1H3,(H,20,24,25)/t9-/m0/s1. The van der Waals surface area contributed by atoms with Gasteiger partial charge in [-0.1, -0.05) is 0 Å². The van der Waals surface area contributed by atoms with Crippen LogP contribution in [0.1, 0.15) is 39.4 Å². The summed E-state index contributed by atoms with van der Waals surface area (Å²) in [7, 11) is 0. The number of nitrogens with zero attached hydrogens (tertiary/aromatic N) is 3. The second kappa shape index (κ2) is 6.28. The number of fused-ring (bicyclic) bond motifs is 1. The molecule has 2 heterocycles. The van der Waals surface area contributed by atoms with Gasteiger partial charge in [0.1, 0.15) is 5.69 Å². The molecule has 1 aromatic carbocycles. The van der Waals surface area contributed by atoms with E-state index in [9.17, 15) is 27.6 Å². The van der Waals surface area contributed by atoms with Gasteiger partial charge in [0.05, 0.1) is 23.4 Å². The highest BCUT2D eigenvalue weighted by Gasteiger charge is 2.36. The van der Waals surface area contributed by atoms with E-state index in [1.807, 2.05) is 5.32 Å². The van der Waals surface area contributed by atoms with Gasteiger partial charge >= 0.3 is 6.18 Å². The fraction of sp³-hybridized carbons (Fsp3) is 0.250. The summed E-state index contributed by atoms with van der Waals surface area (Å²) in [5.74, 6) is -1.37. The van der Waals surface area contributed by atoms with Crippen LogP contribution in [0.4, 0.5) is 18.9 Å². The third-order valence-corrected chi connectivity index (χ3v) is 4.05. The van der Waals surface area contributed by atoms with Crippen LogP contribution in [-0.2, 0) is 11.0 Å². The normalized spacial score (nSPS) is 17.0. The first kappa shape index (κ1) is 17.6. The molecule has 1 atom stereocenters. The number of carbonyl (C=O) groups is 3. The molecular formula is C16H13F3N4O3. The maximum atomic E-state index is 12.8. The lowest BCUT2D eigenvalue weighted by Crippen LogP contribution is -2.43. The van der Waals surface area contributed by atoms with Crippen molar-refractivity contribution in [3.05, 3.63) is 47.3 Å². The first-order chi connectivity index (χ1) is 12.2. The molecule has 0 fully saturated rings. The monoisotopic (exact) mass is 366 g/mol. The molecule has 0 radical (unpaired) electrons. The number of alkyl halides is 3. The summed E-state index contributed by atoms with van der Waals surface area (Å²) < 4.78 is 39.5. The number of imide groups is 1. The third kappa shape index (κ3) is 2.93. The first-order valence-corrected chi connectivity index (χ1v) is 7.55. The summed E-state index contributed by atoms with van der Waals surface area (Å²) in [5, 5.41) is 5.95. The van der Waals surface area contributed by atoms with Gasteiger partial charge in [-0.3, -0.25) is 24.4 Å². The summed E-state index contributed by atoms with van der Waals surface area (Å²) in [4.78, 5) is 36.5. The van der Waals surface area contributed by atoms with E-state index in [0.717, 1.165) is 12.1 Å². The van der Waals surface area contributed by atoms with Crippen molar-refractivity contribution in [2.45, 2.75) is 19.1 Å². The molecule has 10 heteroatoms. The number of hydrogen-bond acceptors (Lipinski definition) is 4. The van der Waals surface area contributed by atoms with Crippen LogP contribution in [0.3, 0.4) is 0 Å².